The second kappa shape index (κ2) is 9.68. The first-order valence-corrected chi connectivity index (χ1v) is 6.01. The van der Waals surface area contributed by atoms with Crippen molar-refractivity contribution in [2.75, 3.05) is 11.5 Å². The van der Waals surface area contributed by atoms with Gasteiger partial charge in [-0.15, -0.1) is 17.5 Å². The summed E-state index contributed by atoms with van der Waals surface area (Å²) in [6, 6.07) is 12.7. The Labute approximate surface area is 133 Å². The summed E-state index contributed by atoms with van der Waals surface area (Å²) in [5.74, 6) is 0.649. The van der Waals surface area contributed by atoms with Crippen LogP contribution in [0.1, 0.15) is 6.92 Å². The molecule has 8 heteroatoms. The summed E-state index contributed by atoms with van der Waals surface area (Å²) in [7, 11) is 0. The van der Waals surface area contributed by atoms with E-state index < -0.39 is 0 Å². The molecule has 0 spiro atoms. The highest BCUT2D eigenvalue weighted by molar-refractivity contribution is 6.62. The van der Waals surface area contributed by atoms with Crippen molar-refractivity contribution in [3.05, 3.63) is 42.5 Å². The number of nitrogen functional groups attached to an aromatic ring is 2. The molecule has 4 N–H and O–H groups in total. The highest BCUT2D eigenvalue weighted by atomic mass is 35.5. The van der Waals surface area contributed by atoms with Gasteiger partial charge in [0.05, 0.1) is 5.69 Å². The fraction of sp³-hybridized carbons (Fsp3) is 0.0769. The van der Waals surface area contributed by atoms with E-state index in [1.54, 1.807) is 12.1 Å². The lowest BCUT2D eigenvalue weighted by Gasteiger charge is -1.98. The van der Waals surface area contributed by atoms with Crippen molar-refractivity contribution in [2.45, 2.75) is 6.92 Å². The number of aromatic nitrogens is 1. The topological polar surface area (TPSA) is 107 Å². The van der Waals surface area contributed by atoms with Gasteiger partial charge in [-0.1, -0.05) is 18.2 Å². The van der Waals surface area contributed by atoms with Crippen LogP contribution < -0.4 is 11.5 Å². The lowest BCUT2D eigenvalue weighted by Crippen LogP contribution is -1.95. The van der Waals surface area contributed by atoms with Crippen molar-refractivity contribution in [2.24, 2.45) is 10.2 Å². The van der Waals surface area contributed by atoms with Gasteiger partial charge >= 0.3 is 0 Å². The first-order valence-electron chi connectivity index (χ1n) is 5.64. The lowest BCUT2D eigenvalue weighted by molar-refractivity contribution is -0.109. The van der Waals surface area contributed by atoms with Gasteiger partial charge in [0.15, 0.2) is 5.82 Å². The molecular weight excluding hydrogens is 313 g/mol. The molecular formula is C13H15Cl2N5O. The molecule has 0 fully saturated rings. The standard InChI is InChI=1S/C11H11N5.C2H3ClO.ClH/c12-10-7-6-9(11(13)14-10)16-15-8-4-2-1-3-5-8;1-2(3)4;/h1-7H,(H4,12,13,14);1H3;1H. The van der Waals surface area contributed by atoms with Gasteiger partial charge < -0.3 is 11.5 Å². The molecule has 0 aliphatic heterocycles. The maximum Gasteiger partial charge on any atom is 0.218 e. The second-order valence-electron chi connectivity index (χ2n) is 3.65. The Morgan fingerprint density at radius 1 is 1.10 bits per heavy atom. The predicted octanol–water partition coefficient (Wildman–Crippen LogP) is 3.85. The molecule has 1 heterocycles. The van der Waals surface area contributed by atoms with Crippen LogP contribution in [0.2, 0.25) is 0 Å². The summed E-state index contributed by atoms with van der Waals surface area (Å²) in [4.78, 5) is 13.1. The number of hydrogen-bond acceptors (Lipinski definition) is 6. The molecule has 6 nitrogen and oxygen atoms in total. The average molecular weight is 328 g/mol. The number of halogens is 2. The smallest absolute Gasteiger partial charge is 0.218 e. The van der Waals surface area contributed by atoms with Crippen molar-refractivity contribution >= 4 is 52.3 Å². The van der Waals surface area contributed by atoms with E-state index in [0.29, 0.717) is 11.5 Å². The van der Waals surface area contributed by atoms with Crippen molar-refractivity contribution in [3.63, 3.8) is 0 Å². The molecule has 0 saturated carbocycles. The number of anilines is 2. The highest BCUT2D eigenvalue weighted by Gasteiger charge is 1.98. The fourth-order valence-corrected chi connectivity index (χ4v) is 1.17. The third kappa shape index (κ3) is 7.86. The molecule has 0 unspecified atom stereocenters. The highest BCUT2D eigenvalue weighted by Crippen LogP contribution is 2.23. The van der Waals surface area contributed by atoms with Crippen molar-refractivity contribution in [3.8, 4) is 0 Å². The van der Waals surface area contributed by atoms with Crippen LogP contribution in [-0.2, 0) is 4.79 Å². The van der Waals surface area contributed by atoms with Crippen molar-refractivity contribution < 1.29 is 4.79 Å². The summed E-state index contributed by atoms with van der Waals surface area (Å²) >= 11 is 4.64. The van der Waals surface area contributed by atoms with Gasteiger partial charge in [-0.25, -0.2) is 4.98 Å². The van der Waals surface area contributed by atoms with Crippen molar-refractivity contribution in [1.82, 2.24) is 4.98 Å². The van der Waals surface area contributed by atoms with E-state index in [0.717, 1.165) is 5.69 Å². The molecule has 0 radical (unpaired) electrons. The van der Waals surface area contributed by atoms with Crippen LogP contribution in [0.15, 0.2) is 52.7 Å². The first kappa shape index (κ1) is 18.8. The Morgan fingerprint density at radius 2 is 1.67 bits per heavy atom. The Hall–Kier alpha value is -2.18. The second-order valence-corrected chi connectivity index (χ2v) is 4.18. The van der Waals surface area contributed by atoms with E-state index in [9.17, 15) is 4.79 Å². The van der Waals surface area contributed by atoms with Crippen LogP contribution in [0.5, 0.6) is 0 Å². The molecule has 2 rings (SSSR count). The molecule has 1 aromatic carbocycles. The van der Waals surface area contributed by atoms with Crippen LogP contribution in [0.4, 0.5) is 23.0 Å². The Morgan fingerprint density at radius 3 is 2.19 bits per heavy atom. The third-order valence-corrected chi connectivity index (χ3v) is 1.95. The Kier molecular flexibility index (Phi) is 8.68. The van der Waals surface area contributed by atoms with Crippen LogP contribution in [0.25, 0.3) is 0 Å². The van der Waals surface area contributed by atoms with E-state index in [1.165, 1.54) is 6.92 Å². The molecule has 2 aromatic rings. The molecule has 0 bridgehead atoms. The van der Waals surface area contributed by atoms with Crippen LogP contribution in [-0.4, -0.2) is 10.2 Å². The molecule has 0 saturated heterocycles. The van der Waals surface area contributed by atoms with E-state index in [2.05, 4.69) is 26.8 Å². The number of benzene rings is 1. The SMILES string of the molecule is CC(=O)Cl.Cl.Nc1ccc(N=Nc2ccccc2)c(N)n1. The first-order chi connectivity index (χ1) is 9.49. The number of hydrogen-bond donors (Lipinski definition) is 2. The van der Waals surface area contributed by atoms with E-state index in [4.69, 9.17) is 11.5 Å². The fourth-order valence-electron chi connectivity index (χ4n) is 1.17. The molecule has 0 amide bonds. The van der Waals surface area contributed by atoms with Crippen LogP contribution >= 0.6 is 24.0 Å². The Balaban J connectivity index is 0.000000715. The predicted molar refractivity (Wildman–Crippen MR) is 87.5 cm³/mol. The number of nitrogens with zero attached hydrogens (tertiary/aromatic N) is 3. The maximum atomic E-state index is 9.21. The minimum Gasteiger partial charge on any atom is -0.384 e. The van der Waals surface area contributed by atoms with Gasteiger partial charge in [-0.05, 0) is 35.9 Å². The molecule has 0 atom stereocenters. The number of carbonyl (C=O) groups excluding carboxylic acids is 1. The zero-order chi connectivity index (χ0) is 15.0. The van der Waals surface area contributed by atoms with Crippen LogP contribution in [0, 0.1) is 0 Å². The van der Waals surface area contributed by atoms with Gasteiger partial charge in [0.2, 0.25) is 5.24 Å². The molecule has 21 heavy (non-hydrogen) atoms. The normalized spacial score (nSPS) is 9.43. The van der Waals surface area contributed by atoms with E-state index in [-0.39, 0.29) is 23.5 Å². The third-order valence-electron chi connectivity index (χ3n) is 1.95. The van der Waals surface area contributed by atoms with Crippen LogP contribution in [0.3, 0.4) is 0 Å². The molecule has 0 aliphatic rings. The molecule has 0 aliphatic carbocycles. The number of carbonyl (C=O) groups is 1. The minimum absolute atomic E-state index is 0. The summed E-state index contributed by atoms with van der Waals surface area (Å²) in [6.45, 7) is 1.29. The zero-order valence-electron chi connectivity index (χ0n) is 11.2. The summed E-state index contributed by atoms with van der Waals surface area (Å²) in [5.41, 5.74) is 12.4. The number of azo groups is 1. The Bertz CT molecular complexity index is 601. The number of rotatable bonds is 2. The molecule has 1 aromatic heterocycles. The van der Waals surface area contributed by atoms with E-state index >= 15 is 0 Å². The van der Waals surface area contributed by atoms with Crippen molar-refractivity contribution in [1.29, 1.82) is 0 Å². The largest absolute Gasteiger partial charge is 0.384 e. The summed E-state index contributed by atoms with van der Waals surface area (Å²) in [5, 5.41) is 7.67. The quantitative estimate of drug-likeness (QED) is 0.645. The number of nitrogens with two attached hydrogens (primary N) is 2. The maximum absolute atomic E-state index is 9.21. The zero-order valence-corrected chi connectivity index (χ0v) is 12.8. The monoisotopic (exact) mass is 327 g/mol. The van der Waals surface area contributed by atoms with Gasteiger partial charge in [0, 0.05) is 6.92 Å². The van der Waals surface area contributed by atoms with Gasteiger partial charge in [0.1, 0.15) is 11.5 Å². The summed E-state index contributed by atoms with van der Waals surface area (Å²) < 4.78 is 0. The lowest BCUT2D eigenvalue weighted by atomic mass is 10.3. The average Bonchev–Trinajstić information content (AvgIpc) is 2.38. The minimum atomic E-state index is -0.361. The van der Waals surface area contributed by atoms with Gasteiger partial charge in [0.25, 0.3) is 0 Å². The number of pyridine rings is 1. The van der Waals surface area contributed by atoms with E-state index in [1.807, 2.05) is 30.3 Å². The van der Waals surface area contributed by atoms with Gasteiger partial charge in [-0.3, -0.25) is 4.79 Å². The molecule has 112 valence electrons. The van der Waals surface area contributed by atoms with Gasteiger partial charge in [-0.2, -0.15) is 5.11 Å². The summed E-state index contributed by atoms with van der Waals surface area (Å²) in [6.07, 6.45) is 0.